The number of aromatic nitrogens is 1. The fourth-order valence-electron chi connectivity index (χ4n) is 2.68. The smallest absolute Gasteiger partial charge is 0.318 e. The Labute approximate surface area is 151 Å². The van der Waals surface area contributed by atoms with Crippen molar-refractivity contribution in [3.05, 3.63) is 54.1 Å². The van der Waals surface area contributed by atoms with Gasteiger partial charge in [-0.1, -0.05) is 17.3 Å². The zero-order valence-electron chi connectivity index (χ0n) is 14.8. The molecule has 0 unspecified atom stereocenters. The van der Waals surface area contributed by atoms with E-state index in [1.807, 2.05) is 43.3 Å². The highest BCUT2D eigenvalue weighted by molar-refractivity contribution is 5.80. The lowest BCUT2D eigenvalue weighted by atomic mass is 10.2. The van der Waals surface area contributed by atoms with E-state index >= 15 is 0 Å². The minimum atomic E-state index is -0.176. The maximum Gasteiger partial charge on any atom is 0.318 e. The molecule has 0 saturated heterocycles. The van der Waals surface area contributed by atoms with Crippen molar-refractivity contribution >= 4 is 17.0 Å². The fraction of sp³-hybridized carbons (Fsp3) is 0.368. The van der Waals surface area contributed by atoms with Gasteiger partial charge in [0.2, 0.25) is 0 Å². The molecule has 0 radical (unpaired) electrons. The van der Waals surface area contributed by atoms with Crippen LogP contribution in [0.1, 0.15) is 24.8 Å². The Morgan fingerprint density at radius 3 is 2.96 bits per heavy atom. The van der Waals surface area contributed by atoms with E-state index in [-0.39, 0.29) is 6.03 Å². The first-order valence-electron chi connectivity index (χ1n) is 8.74. The third-order valence-corrected chi connectivity index (χ3v) is 3.99. The number of rotatable bonds is 9. The highest BCUT2D eigenvalue weighted by Crippen LogP contribution is 2.17. The van der Waals surface area contributed by atoms with Gasteiger partial charge in [-0.15, -0.1) is 0 Å². The van der Waals surface area contributed by atoms with Crippen molar-refractivity contribution in [1.82, 2.24) is 15.4 Å². The van der Waals surface area contributed by atoms with Gasteiger partial charge < -0.3 is 23.9 Å². The number of hydrogen-bond acceptors (Lipinski definition) is 5. The van der Waals surface area contributed by atoms with Gasteiger partial charge in [-0.2, -0.15) is 0 Å². The number of fused-ring (bicyclic) bond motifs is 1. The molecule has 0 bridgehead atoms. The Bertz CT molecular complexity index is 813. The summed E-state index contributed by atoms with van der Waals surface area (Å²) in [5, 5.41) is 7.86. The van der Waals surface area contributed by atoms with Crippen molar-refractivity contribution in [2.45, 2.75) is 26.4 Å². The molecule has 7 heteroatoms. The van der Waals surface area contributed by atoms with E-state index in [0.29, 0.717) is 44.1 Å². The molecule has 0 aliphatic carbocycles. The maximum atomic E-state index is 12.6. The second-order valence-electron chi connectivity index (χ2n) is 5.84. The quantitative estimate of drug-likeness (QED) is 0.592. The Hall–Kier alpha value is -2.80. The third-order valence-electron chi connectivity index (χ3n) is 3.99. The number of nitrogens with one attached hydrogen (secondary N) is 1. The summed E-state index contributed by atoms with van der Waals surface area (Å²) in [5.41, 5.74) is 1.42. The van der Waals surface area contributed by atoms with Gasteiger partial charge in [0.25, 0.3) is 0 Å². The van der Waals surface area contributed by atoms with Crippen LogP contribution in [-0.4, -0.2) is 35.8 Å². The molecule has 3 rings (SSSR count). The van der Waals surface area contributed by atoms with Crippen LogP contribution in [0.2, 0.25) is 0 Å². The monoisotopic (exact) mass is 357 g/mol. The van der Waals surface area contributed by atoms with E-state index < -0.39 is 0 Å². The second kappa shape index (κ2) is 9.05. The van der Waals surface area contributed by atoms with Crippen LogP contribution in [0.3, 0.4) is 0 Å². The summed E-state index contributed by atoms with van der Waals surface area (Å²) in [6.07, 6.45) is 2.36. The van der Waals surface area contributed by atoms with Gasteiger partial charge in [-0.3, -0.25) is 0 Å². The number of carbonyl (C=O) groups is 1. The molecule has 2 amide bonds. The summed E-state index contributed by atoms with van der Waals surface area (Å²) < 4.78 is 16.0. The zero-order chi connectivity index (χ0) is 18.2. The molecule has 0 saturated carbocycles. The van der Waals surface area contributed by atoms with Crippen LogP contribution in [-0.2, 0) is 17.8 Å². The number of furan rings is 1. The van der Waals surface area contributed by atoms with E-state index in [2.05, 4.69) is 10.5 Å². The highest BCUT2D eigenvalue weighted by atomic mass is 16.5. The molecule has 1 N–H and O–H groups in total. The van der Waals surface area contributed by atoms with E-state index in [1.165, 1.54) is 0 Å². The van der Waals surface area contributed by atoms with Crippen LogP contribution in [0.15, 0.2) is 51.6 Å². The molecular weight excluding hydrogens is 334 g/mol. The normalized spacial score (nSPS) is 11.0. The molecule has 7 nitrogen and oxygen atoms in total. The molecule has 138 valence electrons. The minimum Gasteiger partial charge on any atom is -0.467 e. The lowest BCUT2D eigenvalue weighted by Crippen LogP contribution is -2.40. The van der Waals surface area contributed by atoms with Gasteiger partial charge in [-0.05, 0) is 37.6 Å². The van der Waals surface area contributed by atoms with Gasteiger partial charge in [0.1, 0.15) is 11.5 Å². The highest BCUT2D eigenvalue weighted by Gasteiger charge is 2.16. The number of carbonyl (C=O) groups excluding carboxylic acids is 1. The number of nitrogens with zero attached hydrogens (tertiary/aromatic N) is 2. The van der Waals surface area contributed by atoms with Crippen molar-refractivity contribution in [2.75, 3.05) is 19.8 Å². The molecule has 0 fully saturated rings. The summed E-state index contributed by atoms with van der Waals surface area (Å²) in [7, 11) is 0. The van der Waals surface area contributed by atoms with E-state index in [4.69, 9.17) is 13.7 Å². The standard InChI is InChI=1S/C19H23N3O4/c1-2-24-11-6-10-22(14-15-7-5-12-25-15)19(23)20-13-17-16-8-3-4-9-18(16)26-21-17/h3-5,7-9,12H,2,6,10-11,13-14H2,1H3,(H,20,23). The lowest BCUT2D eigenvalue weighted by Gasteiger charge is -2.22. The molecule has 0 aliphatic heterocycles. The van der Waals surface area contributed by atoms with Gasteiger partial charge in [0, 0.05) is 25.1 Å². The van der Waals surface area contributed by atoms with Crippen molar-refractivity contribution in [2.24, 2.45) is 0 Å². The first kappa shape index (κ1) is 18.0. The molecule has 2 aromatic heterocycles. The number of amides is 2. The van der Waals surface area contributed by atoms with Crippen LogP contribution in [0.4, 0.5) is 4.79 Å². The SMILES string of the molecule is CCOCCCN(Cc1ccco1)C(=O)NCc1noc2ccccc12. The average molecular weight is 357 g/mol. The number of para-hydroxylation sites is 1. The third kappa shape index (κ3) is 4.64. The number of benzene rings is 1. The average Bonchev–Trinajstić information content (AvgIpc) is 3.32. The van der Waals surface area contributed by atoms with E-state index in [1.54, 1.807) is 11.2 Å². The molecule has 2 heterocycles. The Kier molecular flexibility index (Phi) is 6.27. The van der Waals surface area contributed by atoms with Crippen molar-refractivity contribution in [3.63, 3.8) is 0 Å². The number of urea groups is 1. The summed E-state index contributed by atoms with van der Waals surface area (Å²) in [6.45, 7) is 4.53. The maximum absolute atomic E-state index is 12.6. The molecular formula is C19H23N3O4. The Morgan fingerprint density at radius 2 is 2.15 bits per heavy atom. The van der Waals surface area contributed by atoms with Crippen LogP contribution in [0, 0.1) is 0 Å². The fourth-order valence-corrected chi connectivity index (χ4v) is 2.68. The van der Waals surface area contributed by atoms with E-state index in [9.17, 15) is 4.79 Å². The number of hydrogen-bond donors (Lipinski definition) is 1. The Morgan fingerprint density at radius 1 is 1.27 bits per heavy atom. The Balaban J connectivity index is 1.60. The molecule has 0 spiro atoms. The lowest BCUT2D eigenvalue weighted by molar-refractivity contribution is 0.131. The van der Waals surface area contributed by atoms with Crippen molar-refractivity contribution < 1.29 is 18.5 Å². The molecule has 1 aromatic carbocycles. The zero-order valence-corrected chi connectivity index (χ0v) is 14.8. The molecule has 0 aliphatic rings. The second-order valence-corrected chi connectivity index (χ2v) is 5.84. The van der Waals surface area contributed by atoms with Gasteiger partial charge in [0.15, 0.2) is 5.58 Å². The van der Waals surface area contributed by atoms with Gasteiger partial charge in [-0.25, -0.2) is 4.79 Å². The van der Waals surface area contributed by atoms with Crippen molar-refractivity contribution in [3.8, 4) is 0 Å². The van der Waals surface area contributed by atoms with Crippen molar-refractivity contribution in [1.29, 1.82) is 0 Å². The van der Waals surface area contributed by atoms with Gasteiger partial charge in [0.05, 0.1) is 19.4 Å². The predicted molar refractivity (Wildman–Crippen MR) is 96.5 cm³/mol. The molecule has 0 atom stereocenters. The topological polar surface area (TPSA) is 80.7 Å². The summed E-state index contributed by atoms with van der Waals surface area (Å²) >= 11 is 0. The van der Waals surface area contributed by atoms with Gasteiger partial charge >= 0.3 is 6.03 Å². The van der Waals surface area contributed by atoms with E-state index in [0.717, 1.165) is 17.6 Å². The predicted octanol–water partition coefficient (Wildman–Crippen LogP) is 3.56. The van der Waals surface area contributed by atoms with Crippen LogP contribution in [0.25, 0.3) is 11.0 Å². The molecule has 26 heavy (non-hydrogen) atoms. The summed E-state index contributed by atoms with van der Waals surface area (Å²) in [4.78, 5) is 14.3. The minimum absolute atomic E-state index is 0.176. The summed E-state index contributed by atoms with van der Waals surface area (Å²) in [6, 6.07) is 11.1. The molecule has 3 aromatic rings. The van der Waals surface area contributed by atoms with Crippen LogP contribution in [0.5, 0.6) is 0 Å². The summed E-state index contributed by atoms with van der Waals surface area (Å²) in [5.74, 6) is 0.739. The first-order chi connectivity index (χ1) is 12.8. The number of ether oxygens (including phenoxy) is 1. The van der Waals surface area contributed by atoms with Crippen LogP contribution < -0.4 is 5.32 Å². The first-order valence-corrected chi connectivity index (χ1v) is 8.74. The largest absolute Gasteiger partial charge is 0.467 e. The van der Waals surface area contributed by atoms with Crippen LogP contribution >= 0.6 is 0 Å².